The van der Waals surface area contributed by atoms with Gasteiger partial charge >= 0.3 is 0 Å². The minimum Gasteiger partial charge on any atom is -0.489 e. The Bertz CT molecular complexity index is 485. The Labute approximate surface area is 99.9 Å². The van der Waals surface area contributed by atoms with Crippen LogP contribution in [0.5, 0.6) is 5.75 Å². The zero-order valence-electron chi connectivity index (χ0n) is 8.98. The van der Waals surface area contributed by atoms with E-state index in [1.54, 1.807) is 6.20 Å². The first kappa shape index (κ1) is 11.0. The van der Waals surface area contributed by atoms with Crippen LogP contribution in [-0.2, 0) is 6.61 Å². The number of halogens is 1. The molecule has 3 heteroatoms. The summed E-state index contributed by atoms with van der Waals surface area (Å²) in [4.78, 5) is 3.99. The number of hydrogen-bond acceptors (Lipinski definition) is 2. The van der Waals surface area contributed by atoms with Crippen molar-refractivity contribution >= 4 is 11.6 Å². The van der Waals surface area contributed by atoms with Crippen LogP contribution in [0.4, 0.5) is 0 Å². The van der Waals surface area contributed by atoms with Crippen LogP contribution in [0.15, 0.2) is 42.6 Å². The molecule has 0 unspecified atom stereocenters. The highest BCUT2D eigenvalue weighted by atomic mass is 35.5. The number of pyridine rings is 1. The van der Waals surface area contributed by atoms with Crippen molar-refractivity contribution in [3.8, 4) is 5.75 Å². The molecule has 0 saturated heterocycles. The van der Waals surface area contributed by atoms with Crippen molar-refractivity contribution in [2.75, 3.05) is 0 Å². The summed E-state index contributed by atoms with van der Waals surface area (Å²) in [5.74, 6) is 0.847. The second-order valence-corrected chi connectivity index (χ2v) is 3.92. The molecule has 0 atom stereocenters. The molecule has 0 bridgehead atoms. The monoisotopic (exact) mass is 233 g/mol. The number of benzene rings is 1. The topological polar surface area (TPSA) is 22.1 Å². The Morgan fingerprint density at radius 1 is 1.25 bits per heavy atom. The van der Waals surface area contributed by atoms with Gasteiger partial charge in [-0.05, 0) is 30.7 Å². The lowest BCUT2D eigenvalue weighted by molar-refractivity contribution is 0.305. The molecule has 16 heavy (non-hydrogen) atoms. The van der Waals surface area contributed by atoms with Crippen molar-refractivity contribution in [1.82, 2.24) is 4.98 Å². The first-order valence-corrected chi connectivity index (χ1v) is 5.42. The fourth-order valence-corrected chi connectivity index (χ4v) is 1.57. The number of rotatable bonds is 3. The smallest absolute Gasteiger partial charge is 0.135 e. The molecule has 0 aliphatic carbocycles. The molecule has 0 aliphatic heterocycles. The molecule has 0 amide bonds. The highest BCUT2D eigenvalue weighted by Gasteiger charge is 2.01. The fraction of sp³-hybridized carbons (Fsp3) is 0.154. The quantitative estimate of drug-likeness (QED) is 0.756. The van der Waals surface area contributed by atoms with Crippen molar-refractivity contribution < 1.29 is 4.74 Å². The van der Waals surface area contributed by atoms with Gasteiger partial charge in [-0.15, -0.1) is 0 Å². The molecular formula is C13H12ClNO. The van der Waals surface area contributed by atoms with E-state index in [0.29, 0.717) is 11.8 Å². The number of hydrogen-bond donors (Lipinski definition) is 0. The Hall–Kier alpha value is -1.54. The minimum absolute atomic E-state index is 0.441. The van der Waals surface area contributed by atoms with Crippen LogP contribution in [0, 0.1) is 6.92 Å². The number of ether oxygens (including phenoxy) is 1. The third-order valence-corrected chi connectivity index (χ3v) is 2.56. The molecule has 2 aromatic rings. The summed E-state index contributed by atoms with van der Waals surface area (Å²) >= 11 is 5.93. The van der Waals surface area contributed by atoms with Gasteiger partial charge in [0.1, 0.15) is 17.5 Å². The molecular weight excluding hydrogens is 222 g/mol. The molecule has 2 nitrogen and oxygen atoms in total. The van der Waals surface area contributed by atoms with Crippen molar-refractivity contribution in [1.29, 1.82) is 0 Å². The molecule has 0 N–H and O–H groups in total. The van der Waals surface area contributed by atoms with E-state index in [0.717, 1.165) is 11.3 Å². The average molecular weight is 234 g/mol. The maximum Gasteiger partial charge on any atom is 0.135 e. The Morgan fingerprint density at radius 2 is 2.12 bits per heavy atom. The van der Waals surface area contributed by atoms with E-state index in [2.05, 4.69) is 4.98 Å². The van der Waals surface area contributed by atoms with Crippen molar-refractivity contribution in [3.63, 3.8) is 0 Å². The molecule has 82 valence electrons. The van der Waals surface area contributed by atoms with Crippen LogP contribution in [0.1, 0.15) is 11.1 Å². The minimum atomic E-state index is 0.441. The van der Waals surface area contributed by atoms with Gasteiger partial charge in [-0.1, -0.05) is 29.8 Å². The van der Waals surface area contributed by atoms with E-state index in [-0.39, 0.29) is 0 Å². The van der Waals surface area contributed by atoms with Crippen LogP contribution >= 0.6 is 11.6 Å². The van der Waals surface area contributed by atoms with Crippen LogP contribution < -0.4 is 4.74 Å². The summed E-state index contributed by atoms with van der Waals surface area (Å²) in [7, 11) is 0. The normalized spacial score (nSPS) is 10.1. The first-order valence-electron chi connectivity index (χ1n) is 5.04. The van der Waals surface area contributed by atoms with Gasteiger partial charge in [0.2, 0.25) is 0 Å². The van der Waals surface area contributed by atoms with Gasteiger partial charge in [0.25, 0.3) is 0 Å². The zero-order chi connectivity index (χ0) is 11.4. The van der Waals surface area contributed by atoms with E-state index in [1.165, 1.54) is 5.56 Å². The predicted molar refractivity (Wildman–Crippen MR) is 64.8 cm³/mol. The van der Waals surface area contributed by atoms with Gasteiger partial charge in [0.05, 0.1) is 0 Å². The molecule has 1 heterocycles. The van der Waals surface area contributed by atoms with Crippen molar-refractivity contribution in [2.24, 2.45) is 0 Å². The average Bonchev–Trinajstić information content (AvgIpc) is 2.28. The highest BCUT2D eigenvalue weighted by molar-refractivity contribution is 6.30. The zero-order valence-corrected chi connectivity index (χ0v) is 9.74. The Kier molecular flexibility index (Phi) is 3.42. The van der Waals surface area contributed by atoms with E-state index in [4.69, 9.17) is 16.3 Å². The van der Waals surface area contributed by atoms with Gasteiger partial charge in [-0.25, -0.2) is 4.98 Å². The van der Waals surface area contributed by atoms with Crippen molar-refractivity contribution in [2.45, 2.75) is 13.5 Å². The van der Waals surface area contributed by atoms with E-state index < -0.39 is 0 Å². The van der Waals surface area contributed by atoms with Gasteiger partial charge in [-0.2, -0.15) is 0 Å². The fourth-order valence-electron chi connectivity index (χ4n) is 1.39. The molecule has 0 radical (unpaired) electrons. The molecule has 0 fully saturated rings. The van der Waals surface area contributed by atoms with Crippen LogP contribution in [0.3, 0.4) is 0 Å². The van der Waals surface area contributed by atoms with Gasteiger partial charge in [-0.3, -0.25) is 0 Å². The van der Waals surface area contributed by atoms with Gasteiger partial charge < -0.3 is 4.74 Å². The first-order chi connectivity index (χ1) is 7.75. The van der Waals surface area contributed by atoms with Crippen molar-refractivity contribution in [3.05, 3.63) is 58.9 Å². The third kappa shape index (κ3) is 2.74. The summed E-state index contributed by atoms with van der Waals surface area (Å²) < 4.78 is 5.63. The van der Waals surface area contributed by atoms with Gasteiger partial charge in [0.15, 0.2) is 0 Å². The summed E-state index contributed by atoms with van der Waals surface area (Å²) in [5, 5.41) is 0.496. The van der Waals surface area contributed by atoms with E-state index in [1.807, 2.05) is 43.3 Å². The molecule has 2 rings (SSSR count). The van der Waals surface area contributed by atoms with Crippen LogP contribution in [0.25, 0.3) is 0 Å². The Morgan fingerprint density at radius 3 is 2.88 bits per heavy atom. The number of nitrogens with zero attached hydrogens (tertiary/aromatic N) is 1. The molecule has 1 aromatic heterocycles. The largest absolute Gasteiger partial charge is 0.489 e. The summed E-state index contributed by atoms with van der Waals surface area (Å²) in [6.07, 6.45) is 1.67. The van der Waals surface area contributed by atoms with Crippen LogP contribution in [-0.4, -0.2) is 4.98 Å². The second-order valence-electron chi connectivity index (χ2n) is 3.56. The lowest BCUT2D eigenvalue weighted by atomic mass is 10.2. The third-order valence-electron chi connectivity index (χ3n) is 2.22. The molecule has 0 aliphatic rings. The van der Waals surface area contributed by atoms with E-state index in [9.17, 15) is 0 Å². The molecule has 1 aromatic carbocycles. The summed E-state index contributed by atoms with van der Waals surface area (Å²) in [6.45, 7) is 2.47. The number of aromatic nitrogens is 1. The summed E-state index contributed by atoms with van der Waals surface area (Å²) in [6, 6.07) is 11.7. The highest BCUT2D eigenvalue weighted by Crippen LogP contribution is 2.17. The van der Waals surface area contributed by atoms with Gasteiger partial charge in [0, 0.05) is 11.8 Å². The molecule has 0 spiro atoms. The lowest BCUT2D eigenvalue weighted by Gasteiger charge is -2.07. The SMILES string of the molecule is Cc1cccc(OCc2cccnc2Cl)c1. The number of aryl methyl sites for hydroxylation is 1. The standard InChI is InChI=1S/C13H12ClNO/c1-10-4-2-6-12(8-10)16-9-11-5-3-7-15-13(11)14/h2-8H,9H2,1H3. The molecule has 0 saturated carbocycles. The summed E-state index contributed by atoms with van der Waals surface area (Å²) in [5.41, 5.74) is 2.07. The van der Waals surface area contributed by atoms with E-state index >= 15 is 0 Å². The predicted octanol–water partition coefficient (Wildman–Crippen LogP) is 3.62. The maximum atomic E-state index is 5.93. The maximum absolute atomic E-state index is 5.93. The lowest BCUT2D eigenvalue weighted by Crippen LogP contribution is -1.97. The van der Waals surface area contributed by atoms with Crippen LogP contribution in [0.2, 0.25) is 5.15 Å². The second kappa shape index (κ2) is 4.99. The Balaban J connectivity index is 2.05.